The average Bonchev–Trinajstić information content (AvgIpc) is 2.71. The van der Waals surface area contributed by atoms with Crippen LogP contribution in [0.2, 0.25) is 0 Å². The van der Waals surface area contributed by atoms with Gasteiger partial charge in [0, 0.05) is 4.47 Å². The summed E-state index contributed by atoms with van der Waals surface area (Å²) in [6.07, 6.45) is -2.72. The van der Waals surface area contributed by atoms with E-state index in [0.717, 1.165) is 4.47 Å². The number of cyclic esters (lactones) is 1. The van der Waals surface area contributed by atoms with E-state index in [2.05, 4.69) is 26.2 Å². The van der Waals surface area contributed by atoms with Gasteiger partial charge in [0.25, 0.3) is 0 Å². The molecule has 1 aliphatic heterocycles. The normalized spacial score (nSPS) is 20.6. The maximum atomic E-state index is 11.5. The Morgan fingerprint density at radius 2 is 2.15 bits per heavy atom. The maximum Gasteiger partial charge on any atom is 0.363 e. The number of benzene rings is 1. The van der Waals surface area contributed by atoms with E-state index in [1.807, 2.05) is 0 Å². The van der Waals surface area contributed by atoms with Crippen LogP contribution in [0.15, 0.2) is 50.4 Å². The van der Waals surface area contributed by atoms with Gasteiger partial charge >= 0.3 is 5.97 Å². The number of hydrogen-bond acceptors (Lipinski definition) is 7. The quantitative estimate of drug-likeness (QED) is 0.568. The van der Waals surface area contributed by atoms with Crippen LogP contribution in [0.1, 0.15) is 0 Å². The summed E-state index contributed by atoms with van der Waals surface area (Å²) in [5.74, 6) is -1.45. The molecule has 3 N–H and O–H groups in total. The standard InChI is InChI=1S/C12H11BrN2O5/c13-6-2-1-3-7(4-6)14-15-9-10(18)11(8(17)5-16)20-12(9)19/h1-4,8,11,16-18H,5H2/t8-,11?/m0/s1. The van der Waals surface area contributed by atoms with E-state index < -0.39 is 30.5 Å². The zero-order valence-corrected chi connectivity index (χ0v) is 11.7. The molecule has 1 heterocycles. The molecule has 0 amide bonds. The largest absolute Gasteiger partial charge is 0.506 e. The number of aliphatic hydroxyl groups excluding tert-OH is 3. The van der Waals surface area contributed by atoms with E-state index in [-0.39, 0.29) is 5.70 Å². The van der Waals surface area contributed by atoms with Crippen molar-refractivity contribution in [3.05, 3.63) is 40.2 Å². The fourth-order valence-corrected chi connectivity index (χ4v) is 1.95. The fourth-order valence-electron chi connectivity index (χ4n) is 1.56. The third-order valence-electron chi connectivity index (χ3n) is 2.55. The summed E-state index contributed by atoms with van der Waals surface area (Å²) in [5.41, 5.74) is 0.0844. The predicted molar refractivity (Wildman–Crippen MR) is 71.3 cm³/mol. The molecule has 1 aliphatic rings. The second kappa shape index (κ2) is 6.12. The van der Waals surface area contributed by atoms with Crippen LogP contribution < -0.4 is 0 Å². The van der Waals surface area contributed by atoms with Crippen LogP contribution in [0.4, 0.5) is 5.69 Å². The topological polar surface area (TPSA) is 112 Å². The zero-order chi connectivity index (χ0) is 14.7. The minimum atomic E-state index is -1.41. The van der Waals surface area contributed by atoms with Gasteiger partial charge in [0.15, 0.2) is 11.9 Å². The minimum absolute atomic E-state index is 0.387. The Bertz CT molecular complexity index is 587. The van der Waals surface area contributed by atoms with Gasteiger partial charge in [0.1, 0.15) is 6.10 Å². The predicted octanol–water partition coefficient (Wildman–Crippen LogP) is 1.58. The molecular weight excluding hydrogens is 332 g/mol. The van der Waals surface area contributed by atoms with Crippen LogP contribution in [0.5, 0.6) is 0 Å². The third-order valence-corrected chi connectivity index (χ3v) is 3.04. The molecule has 0 aromatic heterocycles. The first-order valence-electron chi connectivity index (χ1n) is 5.63. The molecule has 1 aromatic carbocycles. The number of nitrogens with zero attached hydrogens (tertiary/aromatic N) is 2. The summed E-state index contributed by atoms with van der Waals surface area (Å²) in [6, 6.07) is 6.86. The lowest BCUT2D eigenvalue weighted by Crippen LogP contribution is -2.31. The molecule has 2 atom stereocenters. The zero-order valence-electron chi connectivity index (χ0n) is 10.1. The Morgan fingerprint density at radius 3 is 2.80 bits per heavy atom. The molecule has 106 valence electrons. The molecule has 20 heavy (non-hydrogen) atoms. The van der Waals surface area contributed by atoms with Crippen molar-refractivity contribution in [2.45, 2.75) is 12.2 Å². The average molecular weight is 343 g/mol. The van der Waals surface area contributed by atoms with Crippen LogP contribution in [0.3, 0.4) is 0 Å². The SMILES string of the molecule is O=C1OC([C@@H](O)CO)C(O)=C1N=Nc1cccc(Br)c1. The molecule has 1 aromatic rings. The number of halogens is 1. The van der Waals surface area contributed by atoms with Crippen LogP contribution in [0, 0.1) is 0 Å². The lowest BCUT2D eigenvalue weighted by molar-refractivity contribution is -0.145. The molecule has 0 saturated heterocycles. The van der Waals surface area contributed by atoms with Gasteiger partial charge in [-0.05, 0) is 18.2 Å². The Kier molecular flexibility index (Phi) is 4.48. The van der Waals surface area contributed by atoms with E-state index in [1.165, 1.54) is 0 Å². The highest BCUT2D eigenvalue weighted by molar-refractivity contribution is 9.10. The van der Waals surface area contributed by atoms with E-state index in [9.17, 15) is 15.0 Å². The summed E-state index contributed by atoms with van der Waals surface area (Å²) in [4.78, 5) is 11.5. The Hall–Kier alpha value is -1.77. The van der Waals surface area contributed by atoms with Gasteiger partial charge in [-0.2, -0.15) is 5.11 Å². The number of hydrogen-bond donors (Lipinski definition) is 3. The lowest BCUT2D eigenvalue weighted by atomic mass is 10.2. The second-order valence-corrected chi connectivity index (χ2v) is 4.91. The fraction of sp³-hybridized carbons (Fsp3) is 0.250. The van der Waals surface area contributed by atoms with Crippen molar-refractivity contribution in [3.8, 4) is 0 Å². The summed E-state index contributed by atoms with van der Waals surface area (Å²) in [5, 5.41) is 35.4. The number of ether oxygens (including phenoxy) is 1. The molecule has 2 rings (SSSR count). The van der Waals surface area contributed by atoms with Crippen molar-refractivity contribution in [2.75, 3.05) is 6.61 Å². The van der Waals surface area contributed by atoms with Gasteiger partial charge in [-0.25, -0.2) is 4.79 Å². The molecule has 0 spiro atoms. The van der Waals surface area contributed by atoms with Gasteiger partial charge in [-0.3, -0.25) is 0 Å². The number of carbonyl (C=O) groups is 1. The number of carbonyl (C=O) groups excluding carboxylic acids is 1. The van der Waals surface area contributed by atoms with Crippen molar-refractivity contribution in [1.29, 1.82) is 0 Å². The van der Waals surface area contributed by atoms with Crippen molar-refractivity contribution in [3.63, 3.8) is 0 Å². The van der Waals surface area contributed by atoms with E-state index >= 15 is 0 Å². The van der Waals surface area contributed by atoms with E-state index in [0.29, 0.717) is 5.69 Å². The summed E-state index contributed by atoms with van der Waals surface area (Å²) in [7, 11) is 0. The van der Waals surface area contributed by atoms with E-state index in [4.69, 9.17) is 9.84 Å². The lowest BCUT2D eigenvalue weighted by Gasteiger charge is -2.14. The van der Waals surface area contributed by atoms with Gasteiger partial charge in [-0.15, -0.1) is 5.11 Å². The van der Waals surface area contributed by atoms with Crippen molar-refractivity contribution in [2.24, 2.45) is 10.2 Å². The Labute approximate surface area is 122 Å². The Balaban J connectivity index is 2.23. The van der Waals surface area contributed by atoms with Gasteiger partial charge in [0.2, 0.25) is 5.70 Å². The third kappa shape index (κ3) is 3.03. The van der Waals surface area contributed by atoms with Crippen molar-refractivity contribution in [1.82, 2.24) is 0 Å². The smallest absolute Gasteiger partial charge is 0.363 e. The summed E-state index contributed by atoms with van der Waals surface area (Å²) in [6.45, 7) is -0.655. The van der Waals surface area contributed by atoms with Crippen LogP contribution in [-0.2, 0) is 9.53 Å². The van der Waals surface area contributed by atoms with Gasteiger partial charge in [0.05, 0.1) is 12.3 Å². The number of esters is 1. The molecule has 8 heteroatoms. The number of aliphatic hydroxyl groups is 3. The van der Waals surface area contributed by atoms with Gasteiger partial charge < -0.3 is 20.1 Å². The molecule has 1 unspecified atom stereocenters. The first kappa shape index (κ1) is 14.6. The number of azo groups is 1. The highest BCUT2D eigenvalue weighted by atomic mass is 79.9. The molecule has 7 nitrogen and oxygen atoms in total. The van der Waals surface area contributed by atoms with Crippen molar-refractivity contribution >= 4 is 27.6 Å². The molecule has 0 fully saturated rings. The number of rotatable bonds is 4. The van der Waals surface area contributed by atoms with Crippen LogP contribution in [0.25, 0.3) is 0 Å². The molecule has 0 bridgehead atoms. The van der Waals surface area contributed by atoms with Crippen LogP contribution >= 0.6 is 15.9 Å². The molecule has 0 saturated carbocycles. The monoisotopic (exact) mass is 342 g/mol. The highest BCUT2D eigenvalue weighted by Crippen LogP contribution is 2.26. The Morgan fingerprint density at radius 1 is 1.40 bits per heavy atom. The first-order valence-corrected chi connectivity index (χ1v) is 6.42. The summed E-state index contributed by atoms with van der Waals surface area (Å²) >= 11 is 3.26. The van der Waals surface area contributed by atoms with Crippen LogP contribution in [-0.4, -0.2) is 40.1 Å². The minimum Gasteiger partial charge on any atom is -0.506 e. The summed E-state index contributed by atoms with van der Waals surface area (Å²) < 4.78 is 5.50. The van der Waals surface area contributed by atoms with E-state index in [1.54, 1.807) is 24.3 Å². The second-order valence-electron chi connectivity index (χ2n) is 3.99. The first-order chi connectivity index (χ1) is 9.52. The van der Waals surface area contributed by atoms with Crippen molar-refractivity contribution < 1.29 is 24.9 Å². The molecule has 0 aliphatic carbocycles. The maximum absolute atomic E-state index is 11.5. The highest BCUT2D eigenvalue weighted by Gasteiger charge is 2.39. The molecular formula is C12H11BrN2O5. The van der Waals surface area contributed by atoms with Gasteiger partial charge in [-0.1, -0.05) is 22.0 Å². The molecule has 0 radical (unpaired) electrons.